The summed E-state index contributed by atoms with van der Waals surface area (Å²) in [6, 6.07) is 7.33. The van der Waals surface area contributed by atoms with Crippen molar-refractivity contribution >= 4 is 27.7 Å². The van der Waals surface area contributed by atoms with E-state index in [9.17, 15) is 14.0 Å². The van der Waals surface area contributed by atoms with Crippen molar-refractivity contribution in [1.29, 1.82) is 0 Å². The molecule has 0 aliphatic carbocycles. The molecule has 6 nitrogen and oxygen atoms in total. The van der Waals surface area contributed by atoms with Crippen LogP contribution in [0.4, 0.5) is 4.39 Å². The van der Waals surface area contributed by atoms with Crippen molar-refractivity contribution in [2.75, 3.05) is 6.61 Å². The average Bonchev–Trinajstić information content (AvgIpc) is 2.52. The first-order valence-electron chi connectivity index (χ1n) is 6.13. The van der Waals surface area contributed by atoms with Gasteiger partial charge in [0, 0.05) is 16.9 Å². The number of aromatic nitrogens is 1. The van der Waals surface area contributed by atoms with Crippen molar-refractivity contribution in [3.05, 3.63) is 58.6 Å². The summed E-state index contributed by atoms with van der Waals surface area (Å²) < 4.78 is 19.1. The molecule has 0 atom stereocenters. The predicted octanol–water partition coefficient (Wildman–Crippen LogP) is 1.82. The number of amides is 2. The van der Waals surface area contributed by atoms with E-state index in [-0.39, 0.29) is 5.75 Å². The number of halogens is 2. The predicted molar refractivity (Wildman–Crippen MR) is 79.4 cm³/mol. The highest BCUT2D eigenvalue weighted by atomic mass is 79.9. The van der Waals surface area contributed by atoms with Crippen molar-refractivity contribution < 1.29 is 18.7 Å². The van der Waals surface area contributed by atoms with Crippen molar-refractivity contribution in [2.45, 2.75) is 0 Å². The number of hydrogen-bond acceptors (Lipinski definition) is 4. The number of pyridine rings is 1. The minimum Gasteiger partial charge on any atom is -0.481 e. The first-order valence-corrected chi connectivity index (χ1v) is 6.92. The standard InChI is InChI=1S/C14H11BrFN3O3/c15-10-3-4-12(11(16)6-10)22-8-13(20)18-19-14(21)9-2-1-5-17-7-9/h1-7H,8H2,(H,18,20)(H,19,21). The molecule has 1 aromatic heterocycles. The van der Waals surface area contributed by atoms with Crippen LogP contribution in [0.2, 0.25) is 0 Å². The van der Waals surface area contributed by atoms with Gasteiger partial charge in [-0.05, 0) is 30.3 Å². The van der Waals surface area contributed by atoms with Crippen LogP contribution in [0.5, 0.6) is 5.75 Å². The van der Waals surface area contributed by atoms with E-state index in [1.165, 1.54) is 24.5 Å². The zero-order chi connectivity index (χ0) is 15.9. The number of benzene rings is 1. The van der Waals surface area contributed by atoms with Crippen LogP contribution in [0.25, 0.3) is 0 Å². The third kappa shape index (κ3) is 4.52. The Morgan fingerprint density at radius 1 is 1.27 bits per heavy atom. The molecule has 8 heteroatoms. The van der Waals surface area contributed by atoms with E-state index in [0.717, 1.165) is 0 Å². The largest absolute Gasteiger partial charge is 0.481 e. The molecule has 0 aliphatic rings. The van der Waals surface area contributed by atoms with Gasteiger partial charge in [0.1, 0.15) is 0 Å². The third-order valence-corrected chi connectivity index (χ3v) is 2.99. The summed E-state index contributed by atoms with van der Waals surface area (Å²) in [6.45, 7) is -0.439. The molecule has 0 unspecified atom stereocenters. The fraction of sp³-hybridized carbons (Fsp3) is 0.0714. The number of hydrogen-bond donors (Lipinski definition) is 2. The van der Waals surface area contributed by atoms with Gasteiger partial charge in [-0.25, -0.2) is 4.39 Å². The van der Waals surface area contributed by atoms with Crippen molar-refractivity contribution in [3.63, 3.8) is 0 Å². The van der Waals surface area contributed by atoms with Gasteiger partial charge < -0.3 is 4.74 Å². The van der Waals surface area contributed by atoms with Gasteiger partial charge in [-0.15, -0.1) is 0 Å². The van der Waals surface area contributed by atoms with Crippen LogP contribution in [0.3, 0.4) is 0 Å². The van der Waals surface area contributed by atoms with Crippen LogP contribution in [-0.4, -0.2) is 23.4 Å². The van der Waals surface area contributed by atoms with Gasteiger partial charge in [0.15, 0.2) is 18.2 Å². The third-order valence-electron chi connectivity index (χ3n) is 2.49. The van der Waals surface area contributed by atoms with E-state index in [1.807, 2.05) is 0 Å². The van der Waals surface area contributed by atoms with Crippen molar-refractivity contribution in [2.24, 2.45) is 0 Å². The molecule has 2 aromatic rings. The van der Waals surface area contributed by atoms with Crippen molar-refractivity contribution in [1.82, 2.24) is 15.8 Å². The second-order valence-corrected chi connectivity index (χ2v) is 5.02. The summed E-state index contributed by atoms with van der Waals surface area (Å²) in [5.41, 5.74) is 4.65. The fourth-order valence-electron chi connectivity index (χ4n) is 1.47. The number of rotatable bonds is 4. The molecule has 0 spiro atoms. The summed E-state index contributed by atoms with van der Waals surface area (Å²) in [4.78, 5) is 27.0. The topological polar surface area (TPSA) is 80.3 Å². The zero-order valence-corrected chi connectivity index (χ0v) is 12.8. The van der Waals surface area contributed by atoms with Crippen LogP contribution in [-0.2, 0) is 4.79 Å². The van der Waals surface area contributed by atoms with Crippen LogP contribution in [0.15, 0.2) is 47.2 Å². The number of carbonyl (C=O) groups is 2. The Morgan fingerprint density at radius 3 is 2.77 bits per heavy atom. The lowest BCUT2D eigenvalue weighted by Crippen LogP contribution is -2.43. The lowest BCUT2D eigenvalue weighted by molar-refractivity contribution is -0.123. The highest BCUT2D eigenvalue weighted by molar-refractivity contribution is 9.10. The Bertz CT molecular complexity index is 682. The number of carbonyl (C=O) groups excluding carboxylic acids is 2. The molecule has 0 saturated heterocycles. The lowest BCUT2D eigenvalue weighted by atomic mass is 10.3. The second-order valence-electron chi connectivity index (χ2n) is 4.11. The number of hydrazine groups is 1. The van der Waals surface area contributed by atoms with E-state index >= 15 is 0 Å². The summed E-state index contributed by atoms with van der Waals surface area (Å²) in [7, 11) is 0. The van der Waals surface area contributed by atoms with Gasteiger partial charge in [0.25, 0.3) is 11.8 Å². The molecule has 114 valence electrons. The van der Waals surface area contributed by atoms with E-state index in [0.29, 0.717) is 10.0 Å². The second kappa shape index (κ2) is 7.51. The molecule has 0 radical (unpaired) electrons. The van der Waals surface area contributed by atoms with Crippen molar-refractivity contribution in [3.8, 4) is 5.75 Å². The van der Waals surface area contributed by atoms with Gasteiger partial charge in [0.05, 0.1) is 5.56 Å². The van der Waals surface area contributed by atoms with Gasteiger partial charge in [-0.1, -0.05) is 15.9 Å². The van der Waals surface area contributed by atoms with Gasteiger partial charge in [0.2, 0.25) is 0 Å². The van der Waals surface area contributed by atoms with Crippen LogP contribution in [0.1, 0.15) is 10.4 Å². The maximum Gasteiger partial charge on any atom is 0.276 e. The first-order chi connectivity index (χ1) is 10.6. The smallest absolute Gasteiger partial charge is 0.276 e. The number of nitrogens with zero attached hydrogens (tertiary/aromatic N) is 1. The van der Waals surface area contributed by atoms with Gasteiger partial charge in [-0.2, -0.15) is 0 Å². The van der Waals surface area contributed by atoms with Gasteiger partial charge >= 0.3 is 0 Å². The monoisotopic (exact) mass is 367 g/mol. The molecule has 0 bridgehead atoms. The van der Waals surface area contributed by atoms with Crippen LogP contribution < -0.4 is 15.6 Å². The molecule has 2 amide bonds. The zero-order valence-electron chi connectivity index (χ0n) is 11.2. The molecule has 1 aromatic carbocycles. The minimum absolute atomic E-state index is 0.0584. The average molecular weight is 368 g/mol. The molecule has 1 heterocycles. The Morgan fingerprint density at radius 2 is 2.09 bits per heavy atom. The van der Waals surface area contributed by atoms with E-state index in [2.05, 4.69) is 31.8 Å². The highest BCUT2D eigenvalue weighted by Crippen LogP contribution is 2.21. The Labute approximate surface area is 133 Å². The summed E-state index contributed by atoms with van der Waals surface area (Å²) in [5.74, 6) is -1.80. The molecular weight excluding hydrogens is 357 g/mol. The summed E-state index contributed by atoms with van der Waals surface area (Å²) >= 11 is 3.11. The molecule has 0 fully saturated rings. The Kier molecular flexibility index (Phi) is 5.42. The maximum absolute atomic E-state index is 13.5. The minimum atomic E-state index is -0.625. The fourth-order valence-corrected chi connectivity index (χ4v) is 1.80. The number of nitrogens with one attached hydrogen (secondary N) is 2. The van der Waals surface area contributed by atoms with Gasteiger partial charge in [-0.3, -0.25) is 25.4 Å². The molecule has 2 N–H and O–H groups in total. The van der Waals surface area contributed by atoms with E-state index in [1.54, 1.807) is 18.2 Å². The summed E-state index contributed by atoms with van der Waals surface area (Å²) in [6.07, 6.45) is 2.88. The first kappa shape index (κ1) is 15.9. The SMILES string of the molecule is O=C(COc1ccc(Br)cc1F)NNC(=O)c1cccnc1. The Hall–Kier alpha value is -2.48. The highest BCUT2D eigenvalue weighted by Gasteiger charge is 2.09. The molecule has 22 heavy (non-hydrogen) atoms. The van der Waals surface area contributed by atoms with Crippen LogP contribution >= 0.6 is 15.9 Å². The van der Waals surface area contributed by atoms with E-state index < -0.39 is 24.2 Å². The van der Waals surface area contributed by atoms with Crippen LogP contribution in [0, 0.1) is 5.82 Å². The molecule has 0 saturated carbocycles. The number of ether oxygens (including phenoxy) is 1. The Balaban J connectivity index is 1.80. The quantitative estimate of drug-likeness (QED) is 0.807. The normalized spacial score (nSPS) is 9.91. The molecular formula is C14H11BrFN3O3. The summed E-state index contributed by atoms with van der Waals surface area (Å²) in [5, 5.41) is 0. The molecule has 0 aliphatic heterocycles. The molecule has 2 rings (SSSR count). The lowest BCUT2D eigenvalue weighted by Gasteiger charge is -2.09. The van der Waals surface area contributed by atoms with E-state index in [4.69, 9.17) is 4.74 Å². The maximum atomic E-state index is 13.5.